The number of ether oxygens (including phenoxy) is 2. The molecule has 0 amide bonds. The van der Waals surface area contributed by atoms with Crippen LogP contribution in [0.25, 0.3) is 5.65 Å². The SMILES string of the molecule is Cc1ccc2nc(C[NH+](C)C[C@H]3COc4ccccc4O3)cc(=O)n2c1. The van der Waals surface area contributed by atoms with Crippen LogP contribution in [0.3, 0.4) is 0 Å². The normalized spacial score (nSPS) is 17.2. The molecule has 0 bridgehead atoms. The largest absolute Gasteiger partial charge is 0.486 e. The zero-order valence-electron chi connectivity index (χ0n) is 14.9. The van der Waals surface area contributed by atoms with Gasteiger partial charge in [-0.25, -0.2) is 4.98 Å². The van der Waals surface area contributed by atoms with E-state index >= 15 is 0 Å². The van der Waals surface area contributed by atoms with Crippen molar-refractivity contribution in [1.29, 1.82) is 0 Å². The zero-order chi connectivity index (χ0) is 18.1. The molecule has 4 rings (SSSR count). The molecule has 6 heteroatoms. The van der Waals surface area contributed by atoms with E-state index in [-0.39, 0.29) is 11.7 Å². The summed E-state index contributed by atoms with van der Waals surface area (Å²) in [5, 5.41) is 0. The molecular formula is C20H22N3O3+. The lowest BCUT2D eigenvalue weighted by Gasteiger charge is -2.27. The van der Waals surface area contributed by atoms with Gasteiger partial charge in [0.05, 0.1) is 7.05 Å². The maximum absolute atomic E-state index is 12.3. The molecule has 3 heterocycles. The Bertz CT molecular complexity index is 999. The highest BCUT2D eigenvalue weighted by atomic mass is 16.6. The Morgan fingerprint density at radius 2 is 2.04 bits per heavy atom. The van der Waals surface area contributed by atoms with Crippen LogP contribution in [0.1, 0.15) is 11.3 Å². The third kappa shape index (κ3) is 3.41. The highest BCUT2D eigenvalue weighted by Crippen LogP contribution is 2.30. The van der Waals surface area contributed by atoms with Gasteiger partial charge in [0.25, 0.3) is 5.56 Å². The van der Waals surface area contributed by atoms with Gasteiger partial charge in [0.2, 0.25) is 0 Å². The van der Waals surface area contributed by atoms with E-state index in [1.165, 1.54) is 4.90 Å². The fourth-order valence-corrected chi connectivity index (χ4v) is 3.28. The number of aromatic nitrogens is 2. The van der Waals surface area contributed by atoms with Crippen LogP contribution in [0, 0.1) is 6.92 Å². The van der Waals surface area contributed by atoms with Crippen LogP contribution in [-0.2, 0) is 6.54 Å². The Morgan fingerprint density at radius 3 is 2.88 bits per heavy atom. The van der Waals surface area contributed by atoms with Crippen LogP contribution >= 0.6 is 0 Å². The van der Waals surface area contributed by atoms with Gasteiger partial charge in [-0.05, 0) is 30.7 Å². The Hall–Kier alpha value is -2.86. The number of hydrogen-bond acceptors (Lipinski definition) is 4. The molecule has 0 aliphatic carbocycles. The number of nitrogens with zero attached hydrogens (tertiary/aromatic N) is 2. The van der Waals surface area contributed by atoms with E-state index in [0.717, 1.165) is 29.3 Å². The second-order valence-corrected chi connectivity index (χ2v) is 6.86. The van der Waals surface area contributed by atoms with E-state index in [2.05, 4.69) is 12.0 Å². The predicted molar refractivity (Wildman–Crippen MR) is 98.0 cm³/mol. The highest BCUT2D eigenvalue weighted by molar-refractivity contribution is 5.41. The number of fused-ring (bicyclic) bond motifs is 2. The molecule has 1 unspecified atom stereocenters. The average Bonchev–Trinajstić information content (AvgIpc) is 2.62. The number of benzene rings is 1. The van der Waals surface area contributed by atoms with Gasteiger partial charge in [-0.3, -0.25) is 9.20 Å². The second kappa shape index (κ2) is 6.80. The minimum atomic E-state index is -0.0484. The molecule has 0 saturated heterocycles. The quantitative estimate of drug-likeness (QED) is 0.757. The molecule has 2 aromatic heterocycles. The summed E-state index contributed by atoms with van der Waals surface area (Å²) >= 11 is 0. The molecule has 1 aliphatic heterocycles. The molecule has 3 aromatic rings. The van der Waals surface area contributed by atoms with E-state index in [1.54, 1.807) is 10.5 Å². The number of pyridine rings is 1. The van der Waals surface area contributed by atoms with Crippen LogP contribution in [0.4, 0.5) is 0 Å². The molecule has 1 N–H and O–H groups in total. The summed E-state index contributed by atoms with van der Waals surface area (Å²) in [6.07, 6.45) is 1.80. The van der Waals surface area contributed by atoms with Crippen molar-refractivity contribution in [2.24, 2.45) is 0 Å². The molecule has 2 atom stereocenters. The molecule has 0 saturated carbocycles. The molecule has 0 fully saturated rings. The van der Waals surface area contributed by atoms with Gasteiger partial charge in [-0.15, -0.1) is 0 Å². The highest BCUT2D eigenvalue weighted by Gasteiger charge is 2.24. The van der Waals surface area contributed by atoms with E-state index in [1.807, 2.05) is 49.5 Å². The first-order valence-corrected chi connectivity index (χ1v) is 8.77. The number of hydrogen-bond donors (Lipinski definition) is 1. The number of rotatable bonds is 4. The van der Waals surface area contributed by atoms with Crippen molar-refractivity contribution in [2.75, 3.05) is 20.2 Å². The van der Waals surface area contributed by atoms with Gasteiger partial charge in [0, 0.05) is 12.3 Å². The summed E-state index contributed by atoms with van der Waals surface area (Å²) in [5.74, 6) is 1.58. The van der Waals surface area contributed by atoms with E-state index in [9.17, 15) is 4.79 Å². The summed E-state index contributed by atoms with van der Waals surface area (Å²) in [4.78, 5) is 18.2. The first-order valence-electron chi connectivity index (χ1n) is 8.77. The first kappa shape index (κ1) is 16.6. The van der Waals surface area contributed by atoms with Gasteiger partial charge in [-0.2, -0.15) is 0 Å². The van der Waals surface area contributed by atoms with Crippen LogP contribution in [0.2, 0.25) is 0 Å². The number of likely N-dealkylation sites (N-methyl/N-ethyl adjacent to an activating group) is 1. The Kier molecular flexibility index (Phi) is 4.34. The summed E-state index contributed by atoms with van der Waals surface area (Å²) in [5.41, 5.74) is 2.45. The molecule has 26 heavy (non-hydrogen) atoms. The van der Waals surface area contributed by atoms with Crippen molar-refractivity contribution in [1.82, 2.24) is 9.38 Å². The van der Waals surface area contributed by atoms with Crippen molar-refractivity contribution < 1.29 is 14.4 Å². The monoisotopic (exact) mass is 352 g/mol. The molecule has 6 nitrogen and oxygen atoms in total. The van der Waals surface area contributed by atoms with Gasteiger partial charge in [-0.1, -0.05) is 18.2 Å². The van der Waals surface area contributed by atoms with Crippen LogP contribution in [0.15, 0.2) is 53.5 Å². The van der Waals surface area contributed by atoms with Gasteiger partial charge in [0.15, 0.2) is 17.6 Å². The maximum Gasteiger partial charge on any atom is 0.258 e. The lowest BCUT2D eigenvalue weighted by molar-refractivity contribution is -0.896. The lowest BCUT2D eigenvalue weighted by Crippen LogP contribution is -3.09. The van der Waals surface area contributed by atoms with Crippen LogP contribution < -0.4 is 19.9 Å². The second-order valence-electron chi connectivity index (χ2n) is 6.86. The van der Waals surface area contributed by atoms with E-state index in [0.29, 0.717) is 18.8 Å². The third-order valence-corrected chi connectivity index (χ3v) is 4.49. The fourth-order valence-electron chi connectivity index (χ4n) is 3.28. The Morgan fingerprint density at radius 1 is 1.23 bits per heavy atom. The first-order chi connectivity index (χ1) is 12.6. The molecule has 134 valence electrons. The minimum Gasteiger partial charge on any atom is -0.486 e. The van der Waals surface area contributed by atoms with Gasteiger partial charge in [0.1, 0.15) is 31.0 Å². The van der Waals surface area contributed by atoms with E-state index < -0.39 is 0 Å². The fraction of sp³-hybridized carbons (Fsp3) is 0.300. The van der Waals surface area contributed by atoms with Crippen LogP contribution in [0.5, 0.6) is 11.5 Å². The maximum atomic E-state index is 12.3. The molecular weight excluding hydrogens is 330 g/mol. The summed E-state index contributed by atoms with van der Waals surface area (Å²) in [7, 11) is 2.07. The number of para-hydroxylation sites is 2. The van der Waals surface area contributed by atoms with Crippen molar-refractivity contribution in [3.8, 4) is 11.5 Å². The van der Waals surface area contributed by atoms with Crippen molar-refractivity contribution >= 4 is 5.65 Å². The predicted octanol–water partition coefficient (Wildman–Crippen LogP) is 0.858. The summed E-state index contributed by atoms with van der Waals surface area (Å²) in [6, 6.07) is 13.2. The van der Waals surface area contributed by atoms with Crippen molar-refractivity contribution in [3.63, 3.8) is 0 Å². The van der Waals surface area contributed by atoms with Crippen molar-refractivity contribution in [3.05, 3.63) is 70.3 Å². The Balaban J connectivity index is 1.45. The average molecular weight is 352 g/mol. The standard InChI is InChI=1S/C20H21N3O3/c1-14-7-8-19-21-15(9-20(24)23(19)10-14)11-22(2)12-16-13-25-17-5-3-4-6-18(17)26-16/h3-10,16H,11-13H2,1-2H3/p+1/t16-/m0/s1. The lowest BCUT2D eigenvalue weighted by atomic mass is 10.2. The minimum absolute atomic E-state index is 0.0193. The van der Waals surface area contributed by atoms with Crippen LogP contribution in [-0.4, -0.2) is 35.7 Å². The molecule has 0 spiro atoms. The van der Waals surface area contributed by atoms with E-state index in [4.69, 9.17) is 9.47 Å². The topological polar surface area (TPSA) is 57.3 Å². The third-order valence-electron chi connectivity index (χ3n) is 4.49. The number of nitrogens with one attached hydrogen (secondary N) is 1. The van der Waals surface area contributed by atoms with Gasteiger partial charge < -0.3 is 14.4 Å². The van der Waals surface area contributed by atoms with Crippen molar-refractivity contribution in [2.45, 2.75) is 19.6 Å². The molecule has 1 aliphatic rings. The summed E-state index contributed by atoms with van der Waals surface area (Å²) < 4.78 is 13.4. The Labute approximate surface area is 151 Å². The zero-order valence-corrected chi connectivity index (χ0v) is 14.9. The molecule has 1 aromatic carbocycles. The number of aryl methyl sites for hydroxylation is 1. The number of quaternary nitrogens is 1. The smallest absolute Gasteiger partial charge is 0.258 e. The molecule has 0 radical (unpaired) electrons. The summed E-state index contributed by atoms with van der Waals surface area (Å²) in [6.45, 7) is 3.91. The van der Waals surface area contributed by atoms with Gasteiger partial charge >= 0.3 is 0 Å².